The van der Waals surface area contributed by atoms with Gasteiger partial charge in [-0.25, -0.2) is 4.98 Å². The van der Waals surface area contributed by atoms with Crippen LogP contribution < -0.4 is 5.73 Å². The second kappa shape index (κ2) is 3.22. The van der Waals surface area contributed by atoms with Gasteiger partial charge >= 0.3 is 0 Å². The molecule has 2 rings (SSSR count). The molecule has 0 amide bonds. The number of rotatable bonds is 2. The van der Waals surface area contributed by atoms with Crippen LogP contribution in [0.2, 0.25) is 0 Å². The average Bonchev–Trinajstić information content (AvgIpc) is 2.71. The highest BCUT2D eigenvalue weighted by Crippen LogP contribution is 2.28. The molecule has 2 aromatic rings. The number of nitrogen functional groups attached to an aromatic ring is 1. The van der Waals surface area contributed by atoms with Crippen LogP contribution in [0.1, 0.15) is 12.5 Å². The summed E-state index contributed by atoms with van der Waals surface area (Å²) in [5, 5.41) is 2.09. The van der Waals surface area contributed by atoms with Gasteiger partial charge in [0, 0.05) is 0 Å². The molecule has 0 aliphatic carbocycles. The van der Waals surface area contributed by atoms with E-state index in [1.165, 1.54) is 10.4 Å². The van der Waals surface area contributed by atoms with Gasteiger partial charge in [0.1, 0.15) is 0 Å². The van der Waals surface area contributed by atoms with E-state index >= 15 is 0 Å². The van der Waals surface area contributed by atoms with Crippen molar-refractivity contribution in [2.75, 3.05) is 5.73 Å². The van der Waals surface area contributed by atoms with Crippen molar-refractivity contribution < 1.29 is 0 Å². The van der Waals surface area contributed by atoms with Crippen LogP contribution in [-0.2, 0) is 6.42 Å². The van der Waals surface area contributed by atoms with E-state index in [0.717, 1.165) is 12.1 Å². The Balaban J connectivity index is 2.45. The molecule has 0 aromatic carbocycles. The van der Waals surface area contributed by atoms with Gasteiger partial charge in [-0.2, -0.15) is 0 Å². The molecule has 0 saturated heterocycles. The predicted octanol–water partition coefficient (Wildman–Crippen LogP) is 2.28. The third-order valence-electron chi connectivity index (χ3n) is 1.97. The third-order valence-corrected chi connectivity index (χ3v) is 2.96. The average molecular weight is 193 g/mol. The number of aromatic nitrogens is 2. The quantitative estimate of drug-likeness (QED) is 0.768. The standard InChI is InChI=1S/C9H11N3S/c1-2-6-3-4-13-8(6)7-5-11-9(10)12-7/h3-5H,2H2,1H3,(H3,10,11,12). The highest BCUT2D eigenvalue weighted by molar-refractivity contribution is 7.13. The molecule has 0 atom stereocenters. The van der Waals surface area contributed by atoms with Crippen molar-refractivity contribution in [2.24, 2.45) is 0 Å². The molecule has 0 bridgehead atoms. The summed E-state index contributed by atoms with van der Waals surface area (Å²) < 4.78 is 0. The number of nitrogens with zero attached hydrogens (tertiary/aromatic N) is 1. The van der Waals surface area contributed by atoms with Gasteiger partial charge in [-0.1, -0.05) is 6.92 Å². The molecule has 0 aliphatic rings. The van der Waals surface area contributed by atoms with Crippen LogP contribution in [0.3, 0.4) is 0 Å². The first-order valence-electron chi connectivity index (χ1n) is 4.18. The molecule has 0 unspecified atom stereocenters. The Hall–Kier alpha value is -1.29. The lowest BCUT2D eigenvalue weighted by Crippen LogP contribution is -1.85. The number of thiophene rings is 1. The van der Waals surface area contributed by atoms with Gasteiger partial charge < -0.3 is 10.7 Å². The van der Waals surface area contributed by atoms with E-state index in [1.807, 2.05) is 0 Å². The summed E-state index contributed by atoms with van der Waals surface area (Å²) in [5.41, 5.74) is 7.87. The minimum Gasteiger partial charge on any atom is -0.369 e. The number of nitrogens with one attached hydrogen (secondary N) is 1. The van der Waals surface area contributed by atoms with Crippen LogP contribution in [0.4, 0.5) is 5.95 Å². The van der Waals surface area contributed by atoms with Crippen LogP contribution >= 0.6 is 11.3 Å². The third kappa shape index (κ3) is 1.45. The summed E-state index contributed by atoms with van der Waals surface area (Å²) in [6, 6.07) is 2.14. The van der Waals surface area contributed by atoms with E-state index in [4.69, 9.17) is 5.73 Å². The first-order chi connectivity index (χ1) is 6.31. The SMILES string of the molecule is CCc1ccsc1-c1cnc(N)[nH]1. The molecule has 13 heavy (non-hydrogen) atoms. The zero-order chi connectivity index (χ0) is 9.26. The molecular weight excluding hydrogens is 182 g/mol. The lowest BCUT2D eigenvalue weighted by molar-refractivity contribution is 1.15. The van der Waals surface area contributed by atoms with Gasteiger partial charge in [-0.3, -0.25) is 0 Å². The summed E-state index contributed by atoms with van der Waals surface area (Å²) in [7, 11) is 0. The van der Waals surface area contributed by atoms with E-state index < -0.39 is 0 Å². The van der Waals surface area contributed by atoms with Crippen LogP contribution in [-0.4, -0.2) is 9.97 Å². The number of hydrogen-bond acceptors (Lipinski definition) is 3. The van der Waals surface area contributed by atoms with E-state index in [0.29, 0.717) is 5.95 Å². The first-order valence-corrected chi connectivity index (χ1v) is 5.06. The van der Waals surface area contributed by atoms with Crippen LogP contribution in [0, 0.1) is 0 Å². The van der Waals surface area contributed by atoms with Crippen molar-refractivity contribution in [3.05, 3.63) is 23.2 Å². The fourth-order valence-corrected chi connectivity index (χ4v) is 2.27. The fraction of sp³-hybridized carbons (Fsp3) is 0.222. The number of hydrogen-bond donors (Lipinski definition) is 2. The Morgan fingerprint density at radius 3 is 3.08 bits per heavy atom. The van der Waals surface area contributed by atoms with Gasteiger partial charge in [0.2, 0.25) is 0 Å². The van der Waals surface area contributed by atoms with Gasteiger partial charge in [-0.05, 0) is 23.4 Å². The number of anilines is 1. The molecule has 2 heterocycles. The maximum atomic E-state index is 5.51. The second-order valence-electron chi connectivity index (χ2n) is 2.81. The summed E-state index contributed by atoms with van der Waals surface area (Å²) in [5.74, 6) is 0.477. The van der Waals surface area contributed by atoms with Crippen LogP contribution in [0.5, 0.6) is 0 Å². The van der Waals surface area contributed by atoms with E-state index in [1.54, 1.807) is 17.5 Å². The first kappa shape index (κ1) is 8.31. The molecule has 0 spiro atoms. The van der Waals surface area contributed by atoms with E-state index in [-0.39, 0.29) is 0 Å². The summed E-state index contributed by atoms with van der Waals surface area (Å²) >= 11 is 1.71. The Labute approximate surface area is 80.6 Å². The van der Waals surface area contributed by atoms with Crippen molar-refractivity contribution in [1.82, 2.24) is 9.97 Å². The maximum absolute atomic E-state index is 5.51. The molecule has 0 fully saturated rings. The van der Waals surface area contributed by atoms with Crippen molar-refractivity contribution in [3.8, 4) is 10.6 Å². The van der Waals surface area contributed by atoms with E-state index in [9.17, 15) is 0 Å². The Morgan fingerprint density at radius 2 is 2.46 bits per heavy atom. The number of aryl methyl sites for hydroxylation is 1. The van der Waals surface area contributed by atoms with Crippen molar-refractivity contribution in [2.45, 2.75) is 13.3 Å². The topological polar surface area (TPSA) is 54.7 Å². The smallest absolute Gasteiger partial charge is 0.197 e. The van der Waals surface area contributed by atoms with Crippen molar-refractivity contribution in [1.29, 1.82) is 0 Å². The maximum Gasteiger partial charge on any atom is 0.197 e. The number of H-pyrrole nitrogens is 1. The predicted molar refractivity (Wildman–Crippen MR) is 55.7 cm³/mol. The monoisotopic (exact) mass is 193 g/mol. The molecule has 4 heteroatoms. The van der Waals surface area contributed by atoms with Crippen molar-refractivity contribution in [3.63, 3.8) is 0 Å². The molecule has 3 N–H and O–H groups in total. The summed E-state index contributed by atoms with van der Waals surface area (Å²) in [6.07, 6.45) is 2.82. The lowest BCUT2D eigenvalue weighted by Gasteiger charge is -1.96. The minimum absolute atomic E-state index is 0.477. The molecular formula is C9H11N3S. The highest BCUT2D eigenvalue weighted by atomic mass is 32.1. The largest absolute Gasteiger partial charge is 0.369 e. The highest BCUT2D eigenvalue weighted by Gasteiger charge is 2.06. The lowest BCUT2D eigenvalue weighted by atomic mass is 10.2. The number of nitrogens with two attached hydrogens (primary N) is 1. The number of aromatic amines is 1. The fourth-order valence-electron chi connectivity index (χ4n) is 1.30. The second-order valence-corrected chi connectivity index (χ2v) is 3.73. The van der Waals surface area contributed by atoms with Gasteiger partial charge in [0.05, 0.1) is 16.8 Å². The zero-order valence-corrected chi connectivity index (χ0v) is 8.19. The van der Waals surface area contributed by atoms with Crippen LogP contribution in [0.25, 0.3) is 10.6 Å². The summed E-state index contributed by atoms with van der Waals surface area (Å²) in [6.45, 7) is 2.14. The normalized spacial score (nSPS) is 10.5. The zero-order valence-electron chi connectivity index (χ0n) is 7.37. The molecule has 3 nitrogen and oxygen atoms in total. The molecule has 2 aromatic heterocycles. The van der Waals surface area contributed by atoms with Gasteiger partial charge in [0.25, 0.3) is 0 Å². The Bertz CT molecular complexity index is 402. The Morgan fingerprint density at radius 1 is 1.62 bits per heavy atom. The van der Waals surface area contributed by atoms with Gasteiger partial charge in [-0.15, -0.1) is 11.3 Å². The molecule has 0 saturated carbocycles. The molecule has 0 aliphatic heterocycles. The molecule has 68 valence electrons. The van der Waals surface area contributed by atoms with Gasteiger partial charge in [0.15, 0.2) is 5.95 Å². The number of imidazole rings is 1. The van der Waals surface area contributed by atoms with Crippen molar-refractivity contribution >= 4 is 17.3 Å². The van der Waals surface area contributed by atoms with E-state index in [2.05, 4.69) is 28.3 Å². The molecule has 0 radical (unpaired) electrons. The van der Waals surface area contributed by atoms with Crippen LogP contribution in [0.15, 0.2) is 17.6 Å². The minimum atomic E-state index is 0.477. The summed E-state index contributed by atoms with van der Waals surface area (Å²) in [4.78, 5) is 8.25. The Kier molecular flexibility index (Phi) is 2.06.